The lowest BCUT2D eigenvalue weighted by atomic mass is 10.1. The zero-order valence-corrected chi connectivity index (χ0v) is 8.56. The van der Waals surface area contributed by atoms with Gasteiger partial charge in [0.05, 0.1) is 0 Å². The van der Waals surface area contributed by atoms with Crippen LogP contribution in [0.4, 0.5) is 0 Å². The van der Waals surface area contributed by atoms with Gasteiger partial charge in [-0.15, -0.1) is 0 Å². The van der Waals surface area contributed by atoms with E-state index in [0.717, 1.165) is 11.1 Å². The minimum Gasteiger partial charge on any atom is -0.505 e. The maximum atomic E-state index is 10.8. The number of hydrogen-bond acceptors (Lipinski definition) is 3. The molecule has 0 fully saturated rings. The van der Waals surface area contributed by atoms with E-state index in [1.165, 1.54) is 6.07 Å². The Labute approximate surface area is 91.3 Å². The molecular formula is C11H11NO4. The van der Waals surface area contributed by atoms with Crippen LogP contribution in [-0.2, 0) is 0 Å². The standard InChI is InChI=1S/C11H9NO3.H2O/c1-6-2-3-7-4-5-8(11(14)15)10(13)9(7)12-6;/h2-5,13H,1H3,(H,14,15);1H2. The van der Waals surface area contributed by atoms with Crippen LogP contribution >= 0.6 is 0 Å². The van der Waals surface area contributed by atoms with E-state index in [4.69, 9.17) is 5.11 Å². The van der Waals surface area contributed by atoms with Gasteiger partial charge in [-0.3, -0.25) is 0 Å². The Morgan fingerprint density at radius 3 is 2.50 bits per heavy atom. The van der Waals surface area contributed by atoms with Gasteiger partial charge in [0.25, 0.3) is 0 Å². The summed E-state index contributed by atoms with van der Waals surface area (Å²) in [6.45, 7) is 1.78. The molecule has 1 heterocycles. The average Bonchev–Trinajstić information content (AvgIpc) is 2.19. The van der Waals surface area contributed by atoms with Gasteiger partial charge in [0.15, 0.2) is 5.75 Å². The fourth-order valence-corrected chi connectivity index (χ4v) is 1.44. The quantitative estimate of drug-likeness (QED) is 0.753. The minimum atomic E-state index is -1.15. The van der Waals surface area contributed by atoms with E-state index in [9.17, 15) is 9.90 Å². The molecule has 0 amide bonds. The molecule has 0 radical (unpaired) electrons. The lowest BCUT2D eigenvalue weighted by Crippen LogP contribution is -1.97. The number of hydrogen-bond donors (Lipinski definition) is 2. The van der Waals surface area contributed by atoms with Gasteiger partial charge in [-0.25, -0.2) is 9.78 Å². The number of carboxylic acids is 1. The van der Waals surface area contributed by atoms with Crippen LogP contribution in [0.5, 0.6) is 5.75 Å². The Balaban J connectivity index is 0.00000128. The highest BCUT2D eigenvalue weighted by atomic mass is 16.4. The summed E-state index contributed by atoms with van der Waals surface area (Å²) in [5, 5.41) is 19.2. The summed E-state index contributed by atoms with van der Waals surface area (Å²) in [7, 11) is 0. The van der Waals surface area contributed by atoms with E-state index < -0.39 is 5.97 Å². The van der Waals surface area contributed by atoms with Crippen LogP contribution in [0.15, 0.2) is 24.3 Å². The molecule has 0 bridgehead atoms. The third-order valence-electron chi connectivity index (χ3n) is 2.21. The minimum absolute atomic E-state index is 0. The van der Waals surface area contributed by atoms with Crippen LogP contribution in [0.2, 0.25) is 0 Å². The van der Waals surface area contributed by atoms with Gasteiger partial charge < -0.3 is 15.7 Å². The van der Waals surface area contributed by atoms with Crippen molar-refractivity contribution < 1.29 is 20.5 Å². The molecule has 0 saturated carbocycles. The van der Waals surface area contributed by atoms with Gasteiger partial charge in [-0.2, -0.15) is 0 Å². The number of phenols is 1. The summed E-state index contributed by atoms with van der Waals surface area (Å²) in [4.78, 5) is 14.9. The molecule has 1 aromatic carbocycles. The van der Waals surface area contributed by atoms with E-state index in [2.05, 4.69) is 4.98 Å². The van der Waals surface area contributed by atoms with Crippen LogP contribution in [-0.4, -0.2) is 26.6 Å². The number of aromatic hydroxyl groups is 1. The number of aryl methyl sites for hydroxylation is 1. The lowest BCUT2D eigenvalue weighted by molar-refractivity contribution is 0.0694. The molecule has 0 aliphatic rings. The van der Waals surface area contributed by atoms with Crippen molar-refractivity contribution in [2.45, 2.75) is 6.92 Å². The third kappa shape index (κ3) is 1.80. The maximum absolute atomic E-state index is 10.8. The Bertz CT molecular complexity index is 551. The predicted molar refractivity (Wildman–Crippen MR) is 58.7 cm³/mol. The number of benzene rings is 1. The number of aromatic carboxylic acids is 1. The second-order valence-electron chi connectivity index (χ2n) is 3.29. The summed E-state index contributed by atoms with van der Waals surface area (Å²) < 4.78 is 0. The molecule has 0 spiro atoms. The Kier molecular flexibility index (Phi) is 3.10. The summed E-state index contributed by atoms with van der Waals surface area (Å²) >= 11 is 0. The van der Waals surface area contributed by atoms with Crippen molar-refractivity contribution in [1.82, 2.24) is 4.98 Å². The Hall–Kier alpha value is -2.14. The smallest absolute Gasteiger partial charge is 0.339 e. The fourth-order valence-electron chi connectivity index (χ4n) is 1.44. The molecule has 1 aromatic heterocycles. The molecule has 5 heteroatoms. The first kappa shape index (κ1) is 11.9. The number of carbonyl (C=O) groups is 1. The van der Waals surface area contributed by atoms with Gasteiger partial charge in [0.1, 0.15) is 11.1 Å². The van der Waals surface area contributed by atoms with Crippen LogP contribution in [0, 0.1) is 6.92 Å². The van der Waals surface area contributed by atoms with E-state index in [-0.39, 0.29) is 16.8 Å². The SMILES string of the molecule is Cc1ccc2ccc(C(=O)O)c(O)c2n1.O. The Morgan fingerprint density at radius 2 is 1.88 bits per heavy atom. The predicted octanol–water partition coefficient (Wildman–Crippen LogP) is 1.12. The number of carboxylic acid groups (broad SMARTS) is 1. The average molecular weight is 221 g/mol. The second-order valence-corrected chi connectivity index (χ2v) is 3.29. The highest BCUT2D eigenvalue weighted by Crippen LogP contribution is 2.27. The summed E-state index contributed by atoms with van der Waals surface area (Å²) in [6, 6.07) is 6.60. The van der Waals surface area contributed by atoms with Gasteiger partial charge >= 0.3 is 5.97 Å². The molecule has 0 aliphatic heterocycles. The van der Waals surface area contributed by atoms with Gasteiger partial charge in [0, 0.05) is 11.1 Å². The van der Waals surface area contributed by atoms with E-state index >= 15 is 0 Å². The first-order valence-corrected chi connectivity index (χ1v) is 4.42. The van der Waals surface area contributed by atoms with Gasteiger partial charge in [-0.05, 0) is 19.1 Å². The molecule has 2 aromatic rings. The van der Waals surface area contributed by atoms with Crippen LogP contribution in [0.1, 0.15) is 16.1 Å². The van der Waals surface area contributed by atoms with Crippen molar-refractivity contribution in [3.8, 4) is 5.75 Å². The molecule has 0 unspecified atom stereocenters. The van der Waals surface area contributed by atoms with Crippen LogP contribution in [0.25, 0.3) is 10.9 Å². The second kappa shape index (κ2) is 4.16. The molecule has 0 saturated heterocycles. The molecule has 2 rings (SSSR count). The number of nitrogens with zero attached hydrogens (tertiary/aromatic N) is 1. The van der Waals surface area contributed by atoms with Crippen molar-refractivity contribution in [1.29, 1.82) is 0 Å². The highest BCUT2D eigenvalue weighted by Gasteiger charge is 2.13. The zero-order valence-electron chi connectivity index (χ0n) is 8.56. The first-order chi connectivity index (χ1) is 7.09. The number of rotatable bonds is 1. The van der Waals surface area contributed by atoms with Crippen LogP contribution in [0.3, 0.4) is 0 Å². The van der Waals surface area contributed by atoms with Crippen molar-refractivity contribution in [2.75, 3.05) is 0 Å². The largest absolute Gasteiger partial charge is 0.505 e. The van der Waals surface area contributed by atoms with Crippen molar-refractivity contribution in [3.05, 3.63) is 35.5 Å². The highest BCUT2D eigenvalue weighted by molar-refractivity contribution is 5.98. The molecule has 5 nitrogen and oxygen atoms in total. The zero-order chi connectivity index (χ0) is 11.0. The van der Waals surface area contributed by atoms with E-state index in [1.807, 2.05) is 6.07 Å². The third-order valence-corrected chi connectivity index (χ3v) is 2.21. The topological polar surface area (TPSA) is 102 Å². The molecule has 4 N–H and O–H groups in total. The van der Waals surface area contributed by atoms with Gasteiger partial charge in [0.2, 0.25) is 0 Å². The molecule has 84 valence electrons. The van der Waals surface area contributed by atoms with E-state index in [1.54, 1.807) is 19.1 Å². The van der Waals surface area contributed by atoms with E-state index in [0.29, 0.717) is 5.52 Å². The van der Waals surface area contributed by atoms with Crippen molar-refractivity contribution >= 4 is 16.9 Å². The number of pyridine rings is 1. The maximum Gasteiger partial charge on any atom is 0.339 e. The Morgan fingerprint density at radius 1 is 1.25 bits per heavy atom. The summed E-state index contributed by atoms with van der Waals surface area (Å²) in [6.07, 6.45) is 0. The molecule has 16 heavy (non-hydrogen) atoms. The molecule has 0 atom stereocenters. The monoisotopic (exact) mass is 221 g/mol. The van der Waals surface area contributed by atoms with Crippen molar-refractivity contribution in [2.24, 2.45) is 0 Å². The normalized spacial score (nSPS) is 9.81. The number of aromatic nitrogens is 1. The van der Waals surface area contributed by atoms with Crippen LogP contribution < -0.4 is 0 Å². The summed E-state index contributed by atoms with van der Waals surface area (Å²) in [5.41, 5.74) is 0.941. The lowest BCUT2D eigenvalue weighted by Gasteiger charge is -2.04. The summed E-state index contributed by atoms with van der Waals surface area (Å²) in [5.74, 6) is -1.43. The molecule has 0 aliphatic carbocycles. The fraction of sp³-hybridized carbons (Fsp3) is 0.0909. The molecular weight excluding hydrogens is 210 g/mol. The van der Waals surface area contributed by atoms with Gasteiger partial charge in [-0.1, -0.05) is 12.1 Å². The first-order valence-electron chi connectivity index (χ1n) is 4.42. The number of fused-ring (bicyclic) bond motifs is 1. The van der Waals surface area contributed by atoms with Crippen molar-refractivity contribution in [3.63, 3.8) is 0 Å².